The van der Waals surface area contributed by atoms with Gasteiger partial charge in [0, 0.05) is 25.9 Å². The Morgan fingerprint density at radius 3 is 2.30 bits per heavy atom. The number of carbonyl (C=O) groups is 2. The third kappa shape index (κ3) is 6.87. The Hall–Kier alpha value is -1.49. The van der Waals surface area contributed by atoms with E-state index in [1.54, 1.807) is 0 Å². The molecular formula is C13H17Cl3N4O7. The van der Waals surface area contributed by atoms with Crippen molar-refractivity contribution in [1.29, 1.82) is 5.41 Å². The van der Waals surface area contributed by atoms with Crippen LogP contribution >= 0.6 is 34.8 Å². The zero-order chi connectivity index (χ0) is 20.8. The molecule has 27 heavy (non-hydrogen) atoms. The maximum Gasteiger partial charge on any atom is 0.303 e. The lowest BCUT2D eigenvalue weighted by Gasteiger charge is -2.43. The molecule has 0 saturated carbocycles. The molecule has 0 aliphatic carbocycles. The molecule has 0 radical (unpaired) electrons. The van der Waals surface area contributed by atoms with Gasteiger partial charge in [-0.2, -0.15) is 0 Å². The Labute approximate surface area is 169 Å². The molecule has 14 heteroatoms. The number of hydrogen-bond donors (Lipinski definition) is 1. The number of halogens is 3. The Morgan fingerprint density at radius 2 is 1.85 bits per heavy atom. The van der Waals surface area contributed by atoms with E-state index >= 15 is 0 Å². The number of rotatable bonds is 6. The average molecular weight is 448 g/mol. The van der Waals surface area contributed by atoms with Gasteiger partial charge < -0.3 is 23.7 Å². The number of nitrogens with one attached hydrogen (secondary N) is 1. The van der Waals surface area contributed by atoms with Crippen molar-refractivity contribution in [1.82, 2.24) is 0 Å². The van der Waals surface area contributed by atoms with Crippen LogP contribution in [0.4, 0.5) is 0 Å². The lowest BCUT2D eigenvalue weighted by atomic mass is 9.97. The van der Waals surface area contributed by atoms with Crippen molar-refractivity contribution in [2.45, 2.75) is 48.3 Å². The number of carbonyl (C=O) groups excluding carboxylic acids is 2. The Morgan fingerprint density at radius 1 is 1.22 bits per heavy atom. The predicted molar refractivity (Wildman–Crippen MR) is 93.7 cm³/mol. The predicted octanol–water partition coefficient (Wildman–Crippen LogP) is 2.26. The zero-order valence-electron chi connectivity index (χ0n) is 14.4. The molecule has 152 valence electrons. The SMILES string of the molecule is CO[C@H]1[C@H](OC(C)=O)[C@@H](N=[N+]=[N-])C(OC(=N)C(Cl)(Cl)Cl)O[C@@H]1COC(C)=O. The van der Waals surface area contributed by atoms with Crippen molar-refractivity contribution in [2.75, 3.05) is 13.7 Å². The van der Waals surface area contributed by atoms with Crippen molar-refractivity contribution in [2.24, 2.45) is 5.11 Å². The fourth-order valence-electron chi connectivity index (χ4n) is 2.30. The van der Waals surface area contributed by atoms with Gasteiger partial charge in [0.15, 0.2) is 0 Å². The number of alkyl halides is 3. The number of nitrogens with zero attached hydrogens (tertiary/aromatic N) is 3. The second-order valence-corrected chi connectivity index (χ2v) is 7.54. The molecule has 0 aromatic rings. The quantitative estimate of drug-likeness (QED) is 0.125. The summed E-state index contributed by atoms with van der Waals surface area (Å²) in [7, 11) is 1.29. The number of hydrogen-bond acceptors (Lipinski definition) is 9. The van der Waals surface area contributed by atoms with Crippen LogP contribution in [0.15, 0.2) is 5.11 Å². The number of ether oxygens (including phenoxy) is 5. The van der Waals surface area contributed by atoms with Crippen LogP contribution in [0.5, 0.6) is 0 Å². The zero-order valence-corrected chi connectivity index (χ0v) is 16.7. The van der Waals surface area contributed by atoms with Gasteiger partial charge in [-0.15, -0.1) is 0 Å². The van der Waals surface area contributed by atoms with Crippen LogP contribution in [0.1, 0.15) is 13.8 Å². The molecule has 0 aromatic carbocycles. The van der Waals surface area contributed by atoms with Gasteiger partial charge in [0.2, 0.25) is 12.2 Å². The lowest BCUT2D eigenvalue weighted by molar-refractivity contribution is -0.255. The first-order valence-corrected chi connectivity index (χ1v) is 8.50. The maximum atomic E-state index is 11.5. The molecule has 1 aliphatic heterocycles. The summed E-state index contributed by atoms with van der Waals surface area (Å²) in [5, 5.41) is 11.2. The first-order valence-electron chi connectivity index (χ1n) is 7.36. The van der Waals surface area contributed by atoms with E-state index in [1.165, 1.54) is 14.0 Å². The average Bonchev–Trinajstić information content (AvgIpc) is 2.54. The van der Waals surface area contributed by atoms with Gasteiger partial charge in [-0.05, 0) is 5.53 Å². The molecule has 0 spiro atoms. The highest BCUT2D eigenvalue weighted by molar-refractivity contribution is 6.76. The highest BCUT2D eigenvalue weighted by Crippen LogP contribution is 2.33. The Balaban J connectivity index is 3.23. The van der Waals surface area contributed by atoms with Crippen molar-refractivity contribution < 1.29 is 33.3 Å². The van der Waals surface area contributed by atoms with Crippen molar-refractivity contribution in [3.05, 3.63) is 10.4 Å². The summed E-state index contributed by atoms with van der Waals surface area (Å²) in [6, 6.07) is -1.29. The summed E-state index contributed by atoms with van der Waals surface area (Å²) >= 11 is 16.8. The molecule has 1 rings (SSSR count). The second kappa shape index (κ2) is 10.2. The summed E-state index contributed by atoms with van der Waals surface area (Å²) in [6.45, 7) is 2.02. The Bertz CT molecular complexity index is 624. The van der Waals surface area contributed by atoms with Crippen LogP contribution in [0.2, 0.25) is 0 Å². The molecule has 0 aromatic heterocycles. The minimum Gasteiger partial charge on any atom is -0.463 e. The van der Waals surface area contributed by atoms with E-state index in [-0.39, 0.29) is 6.61 Å². The van der Waals surface area contributed by atoms with Gasteiger partial charge in [-0.3, -0.25) is 15.0 Å². The lowest BCUT2D eigenvalue weighted by Crippen LogP contribution is -2.61. The molecule has 1 fully saturated rings. The van der Waals surface area contributed by atoms with Gasteiger partial charge in [-0.1, -0.05) is 39.9 Å². The third-order valence-corrected chi connectivity index (χ3v) is 3.83. The van der Waals surface area contributed by atoms with E-state index in [9.17, 15) is 9.59 Å². The van der Waals surface area contributed by atoms with E-state index in [2.05, 4.69) is 10.0 Å². The molecule has 1 N–H and O–H groups in total. The van der Waals surface area contributed by atoms with Gasteiger partial charge in [-0.25, -0.2) is 0 Å². The van der Waals surface area contributed by atoms with Gasteiger partial charge >= 0.3 is 11.9 Å². The Kier molecular flexibility index (Phi) is 8.86. The smallest absolute Gasteiger partial charge is 0.303 e. The van der Waals surface area contributed by atoms with Crippen LogP contribution < -0.4 is 0 Å². The van der Waals surface area contributed by atoms with Crippen LogP contribution in [0.3, 0.4) is 0 Å². The van der Waals surface area contributed by atoms with Crippen LogP contribution in [-0.2, 0) is 33.3 Å². The summed E-state index contributed by atoms with van der Waals surface area (Å²) in [4.78, 5) is 25.3. The molecule has 5 atom stereocenters. The topological polar surface area (TPSA) is 153 Å². The highest BCUT2D eigenvalue weighted by atomic mass is 35.6. The molecule has 1 heterocycles. The van der Waals surface area contributed by atoms with Gasteiger partial charge in [0.25, 0.3) is 3.79 Å². The molecular weight excluding hydrogens is 431 g/mol. The number of methoxy groups -OCH3 is 1. The van der Waals surface area contributed by atoms with E-state index < -0.39 is 52.3 Å². The summed E-state index contributed by atoms with van der Waals surface area (Å²) < 4.78 is 23.9. The van der Waals surface area contributed by atoms with E-state index in [0.717, 1.165) is 6.92 Å². The number of azide groups is 1. The van der Waals surface area contributed by atoms with E-state index in [1.807, 2.05) is 0 Å². The van der Waals surface area contributed by atoms with Crippen molar-refractivity contribution in [3.63, 3.8) is 0 Å². The minimum absolute atomic E-state index is 0.296. The molecule has 0 bridgehead atoms. The van der Waals surface area contributed by atoms with Gasteiger partial charge in [0.05, 0.1) is 0 Å². The van der Waals surface area contributed by atoms with E-state index in [0.29, 0.717) is 0 Å². The fraction of sp³-hybridized carbons (Fsp3) is 0.769. The normalized spacial score (nSPS) is 27.9. The summed E-state index contributed by atoms with van der Waals surface area (Å²) in [6.07, 6.45) is -4.65. The minimum atomic E-state index is -2.22. The van der Waals surface area contributed by atoms with Crippen LogP contribution in [0.25, 0.3) is 10.4 Å². The van der Waals surface area contributed by atoms with Crippen molar-refractivity contribution >= 4 is 52.6 Å². The molecule has 1 aliphatic rings. The standard InChI is InChI=1S/C13H17Cl3N4O7/c1-5(21)24-4-7-9(23-3)10(25-6(2)22)8(19-20-18)11(26-7)27-12(17)13(14,15)16/h7-11,17H,4H2,1-3H3/t7-,8-,9-,10-,11?/m1/s1. The van der Waals surface area contributed by atoms with Crippen molar-refractivity contribution in [3.8, 4) is 0 Å². The fourth-order valence-corrected chi connectivity index (χ4v) is 2.43. The van der Waals surface area contributed by atoms with Gasteiger partial charge in [0.1, 0.15) is 31.0 Å². The summed E-state index contributed by atoms with van der Waals surface area (Å²) in [5.74, 6) is -2.12. The maximum absolute atomic E-state index is 11.5. The largest absolute Gasteiger partial charge is 0.463 e. The first-order chi connectivity index (χ1) is 12.5. The molecule has 11 nitrogen and oxygen atoms in total. The molecule has 0 amide bonds. The second-order valence-electron chi connectivity index (χ2n) is 5.26. The highest BCUT2D eigenvalue weighted by Gasteiger charge is 2.50. The monoisotopic (exact) mass is 446 g/mol. The van der Waals surface area contributed by atoms with Crippen LogP contribution in [0, 0.1) is 5.41 Å². The first kappa shape index (κ1) is 23.5. The third-order valence-electron chi connectivity index (χ3n) is 3.32. The van der Waals surface area contributed by atoms with E-state index in [4.69, 9.17) is 69.4 Å². The molecule has 1 saturated heterocycles. The summed E-state index contributed by atoms with van der Waals surface area (Å²) in [5.41, 5.74) is 8.85. The molecule has 1 unspecified atom stereocenters. The van der Waals surface area contributed by atoms with Crippen LogP contribution in [-0.4, -0.2) is 66.0 Å². The number of esters is 2.